The molecule has 59 heavy (non-hydrogen) atoms. The van der Waals surface area contributed by atoms with Gasteiger partial charge in [0.05, 0.1) is 36.8 Å². The lowest BCUT2D eigenvalue weighted by atomic mass is 9.96. The van der Waals surface area contributed by atoms with Crippen LogP contribution in [0, 0.1) is 0 Å². The summed E-state index contributed by atoms with van der Waals surface area (Å²) in [5.41, 5.74) is 4.91. The molecule has 2 fully saturated rings. The van der Waals surface area contributed by atoms with Gasteiger partial charge in [-0.25, -0.2) is 0 Å². The lowest BCUT2D eigenvalue weighted by Crippen LogP contribution is -2.46. The molecule has 0 bridgehead atoms. The van der Waals surface area contributed by atoms with E-state index in [1.165, 1.54) is 5.56 Å². The number of methoxy groups -OCH3 is 2. The Morgan fingerprint density at radius 2 is 0.898 bits per heavy atom. The summed E-state index contributed by atoms with van der Waals surface area (Å²) < 4.78 is 23.7. The Labute approximate surface area is 350 Å². The van der Waals surface area contributed by atoms with Gasteiger partial charge in [-0.2, -0.15) is 0 Å². The van der Waals surface area contributed by atoms with E-state index in [1.54, 1.807) is 41.9 Å². The lowest BCUT2D eigenvalue weighted by Gasteiger charge is -2.37. The Balaban J connectivity index is 0.000000204. The molecule has 0 amide bonds. The van der Waals surface area contributed by atoms with Gasteiger partial charge < -0.3 is 44.3 Å². The number of rotatable bonds is 14. The van der Waals surface area contributed by atoms with E-state index in [0.717, 1.165) is 104 Å². The first kappa shape index (κ1) is 43.3. The number of nitrogens with one attached hydrogen (secondary N) is 1. The van der Waals surface area contributed by atoms with Crippen molar-refractivity contribution < 1.29 is 29.2 Å². The van der Waals surface area contributed by atoms with Crippen molar-refractivity contribution in [3.05, 3.63) is 143 Å². The van der Waals surface area contributed by atoms with Crippen LogP contribution in [0.15, 0.2) is 115 Å². The van der Waals surface area contributed by atoms with Crippen molar-refractivity contribution in [1.29, 1.82) is 0 Å². The van der Waals surface area contributed by atoms with Crippen LogP contribution in [0.3, 0.4) is 0 Å². The van der Waals surface area contributed by atoms with Crippen LogP contribution >= 0.6 is 0 Å². The van der Waals surface area contributed by atoms with Gasteiger partial charge in [-0.3, -0.25) is 4.90 Å². The van der Waals surface area contributed by atoms with Gasteiger partial charge in [-0.1, -0.05) is 91.0 Å². The Morgan fingerprint density at radius 3 is 1.29 bits per heavy atom. The van der Waals surface area contributed by atoms with Crippen molar-refractivity contribution in [2.24, 2.45) is 0 Å². The predicted molar refractivity (Wildman–Crippen MR) is 237 cm³/mol. The maximum absolute atomic E-state index is 10.8. The molecule has 2 aliphatic rings. The van der Waals surface area contributed by atoms with Gasteiger partial charge in [0.25, 0.3) is 0 Å². The van der Waals surface area contributed by atoms with E-state index < -0.39 is 11.2 Å². The van der Waals surface area contributed by atoms with Crippen LogP contribution in [0.2, 0.25) is 0 Å². The molecule has 5 aromatic rings. The van der Waals surface area contributed by atoms with E-state index >= 15 is 0 Å². The van der Waals surface area contributed by atoms with Crippen LogP contribution in [-0.4, -0.2) is 81.7 Å². The van der Waals surface area contributed by atoms with E-state index in [1.807, 2.05) is 84.9 Å². The fraction of sp³-hybridized carbons (Fsp3) is 0.388. The number of hydrogen-bond acceptors (Lipinski definition) is 10. The topological polar surface area (TPSA) is 99.1 Å². The fourth-order valence-corrected chi connectivity index (χ4v) is 7.48. The predicted octanol–water partition coefficient (Wildman–Crippen LogP) is 7.74. The number of hydrogen-bond donors (Lipinski definition) is 3. The van der Waals surface area contributed by atoms with Gasteiger partial charge >= 0.3 is 0 Å². The fourth-order valence-electron chi connectivity index (χ4n) is 7.48. The van der Waals surface area contributed by atoms with Crippen molar-refractivity contribution >= 4 is 11.4 Å². The minimum absolute atomic E-state index is 0.445. The van der Waals surface area contributed by atoms with E-state index in [9.17, 15) is 10.2 Å². The average Bonchev–Trinajstić information content (AvgIpc) is 3.25. The summed E-state index contributed by atoms with van der Waals surface area (Å²) in [5.74, 6) is 2.90. The van der Waals surface area contributed by atoms with Gasteiger partial charge in [0.15, 0.2) is 0 Å². The summed E-state index contributed by atoms with van der Waals surface area (Å²) >= 11 is 0. The number of benzene rings is 5. The highest BCUT2D eigenvalue weighted by Crippen LogP contribution is 2.42. The second-order valence-corrected chi connectivity index (χ2v) is 16.2. The Bertz CT molecular complexity index is 2040. The third-order valence-electron chi connectivity index (χ3n) is 10.8. The summed E-state index contributed by atoms with van der Waals surface area (Å²) in [6, 6.07) is 38.6. The quantitative estimate of drug-likeness (QED) is 0.104. The highest BCUT2D eigenvalue weighted by molar-refractivity contribution is 5.66. The SMILES string of the molecule is COc1cc(C(C)(C)O)c(OCc2ccccc2)cc1N1CCN(Cc2ccccc2)CC1.COc1cc(C(C)(C)O)c(OCc2ccccc2)cc1N1CCNCC1. The normalized spacial score (nSPS) is 14.9. The molecule has 314 valence electrons. The molecule has 2 heterocycles. The molecule has 2 aliphatic heterocycles. The molecule has 0 aliphatic carbocycles. The van der Waals surface area contributed by atoms with Crippen LogP contribution in [0.1, 0.15) is 55.5 Å². The summed E-state index contributed by atoms with van der Waals surface area (Å²) in [5, 5.41) is 24.8. The molecule has 10 nitrogen and oxygen atoms in total. The molecule has 0 saturated carbocycles. The number of anilines is 2. The third kappa shape index (κ3) is 11.9. The van der Waals surface area contributed by atoms with Crippen LogP contribution < -0.4 is 34.1 Å². The Kier molecular flexibility index (Phi) is 14.8. The Morgan fingerprint density at radius 1 is 0.508 bits per heavy atom. The first-order valence-electron chi connectivity index (χ1n) is 20.6. The molecule has 7 rings (SSSR count). The largest absolute Gasteiger partial charge is 0.495 e. The molecule has 10 heteroatoms. The van der Waals surface area contributed by atoms with Crippen molar-refractivity contribution in [2.75, 3.05) is 76.4 Å². The maximum Gasteiger partial charge on any atom is 0.142 e. The number of nitrogens with zero attached hydrogens (tertiary/aromatic N) is 3. The van der Waals surface area contributed by atoms with Crippen LogP contribution in [0.5, 0.6) is 23.0 Å². The number of aliphatic hydroxyl groups is 2. The molecule has 0 aromatic heterocycles. The van der Waals surface area contributed by atoms with E-state index in [-0.39, 0.29) is 0 Å². The van der Waals surface area contributed by atoms with Crippen molar-refractivity contribution in [1.82, 2.24) is 10.2 Å². The first-order valence-corrected chi connectivity index (χ1v) is 20.6. The van der Waals surface area contributed by atoms with Gasteiger partial charge in [0.1, 0.15) is 36.2 Å². The van der Waals surface area contributed by atoms with Crippen LogP contribution in [0.4, 0.5) is 11.4 Å². The zero-order valence-electron chi connectivity index (χ0n) is 35.6. The van der Waals surface area contributed by atoms with E-state index in [0.29, 0.717) is 24.7 Å². The van der Waals surface area contributed by atoms with Crippen molar-refractivity contribution in [3.63, 3.8) is 0 Å². The smallest absolute Gasteiger partial charge is 0.142 e. The minimum Gasteiger partial charge on any atom is -0.495 e. The molecule has 0 unspecified atom stereocenters. The van der Waals surface area contributed by atoms with Gasteiger partial charge in [0, 0.05) is 82.2 Å². The summed E-state index contributed by atoms with van der Waals surface area (Å²) in [7, 11) is 3.35. The lowest BCUT2D eigenvalue weighted by molar-refractivity contribution is 0.0735. The summed E-state index contributed by atoms with van der Waals surface area (Å²) in [6.45, 7) is 16.4. The van der Waals surface area contributed by atoms with E-state index in [4.69, 9.17) is 18.9 Å². The zero-order valence-corrected chi connectivity index (χ0v) is 35.6. The van der Waals surface area contributed by atoms with Crippen LogP contribution in [0.25, 0.3) is 0 Å². The van der Waals surface area contributed by atoms with E-state index in [2.05, 4.69) is 50.3 Å². The first-order chi connectivity index (χ1) is 28.4. The number of piperazine rings is 2. The third-order valence-corrected chi connectivity index (χ3v) is 10.8. The van der Waals surface area contributed by atoms with Gasteiger partial charge in [0.2, 0.25) is 0 Å². The maximum atomic E-state index is 10.8. The van der Waals surface area contributed by atoms with Crippen molar-refractivity contribution in [3.8, 4) is 23.0 Å². The highest BCUT2D eigenvalue weighted by Gasteiger charge is 2.28. The standard InChI is InChI=1S/C28H34N2O3.C21H28N2O3/c1-28(2,31)24-18-27(32-3)25(19-26(24)33-21-23-12-8-5-9-13-23)30-16-14-29(15-17-30)20-22-10-6-4-7-11-22;1-21(2,24)17-13-20(25-3)18(23-11-9-22-10-12-23)14-19(17)26-15-16-7-5-4-6-8-16/h4-13,18-19,31H,14-17,20-21H2,1-3H3;4-8,13-14,22,24H,9-12,15H2,1-3H3. The zero-order chi connectivity index (χ0) is 41.8. The molecule has 0 atom stereocenters. The monoisotopic (exact) mass is 802 g/mol. The molecular formula is C49H62N4O6. The van der Waals surface area contributed by atoms with Gasteiger partial charge in [-0.15, -0.1) is 0 Å². The number of ether oxygens (including phenoxy) is 4. The Hall–Kier alpha value is -5.26. The molecule has 0 spiro atoms. The average molecular weight is 803 g/mol. The second kappa shape index (κ2) is 20.1. The second-order valence-electron chi connectivity index (χ2n) is 16.2. The van der Waals surface area contributed by atoms with Crippen LogP contribution in [-0.2, 0) is 31.0 Å². The highest BCUT2D eigenvalue weighted by atomic mass is 16.5. The molecule has 5 aromatic carbocycles. The minimum atomic E-state index is -1.05. The van der Waals surface area contributed by atoms with Crippen molar-refractivity contribution in [2.45, 2.75) is 58.7 Å². The molecule has 2 saturated heterocycles. The van der Waals surface area contributed by atoms with Gasteiger partial charge in [-0.05, 0) is 56.5 Å². The summed E-state index contributed by atoms with van der Waals surface area (Å²) in [4.78, 5) is 7.12. The molecule has 3 N–H and O–H groups in total. The summed E-state index contributed by atoms with van der Waals surface area (Å²) in [6.07, 6.45) is 0. The molecular weight excluding hydrogens is 741 g/mol. The molecule has 0 radical (unpaired) electrons.